The van der Waals surface area contributed by atoms with E-state index in [4.69, 9.17) is 4.74 Å². The third-order valence-corrected chi connectivity index (χ3v) is 2.37. The molecule has 1 fully saturated rings. The van der Waals surface area contributed by atoms with Crippen molar-refractivity contribution < 1.29 is 4.74 Å². The zero-order valence-electron chi connectivity index (χ0n) is 8.75. The number of hydrogen-bond acceptors (Lipinski definition) is 4. The minimum atomic E-state index is -0.0887. The van der Waals surface area contributed by atoms with E-state index >= 15 is 0 Å². The molecule has 0 spiro atoms. The first-order valence-corrected chi connectivity index (χ1v) is 5.12. The number of aromatic nitrogens is 2. The standard InChI is InChI=1S/C10H15N3O2/c1-7-12-8(5-10(14)13-7)4-9-6-15-3-2-11-9/h5,9,11H,2-4,6H2,1H3,(H,12,13,14). The van der Waals surface area contributed by atoms with Gasteiger partial charge in [-0.2, -0.15) is 0 Å². The van der Waals surface area contributed by atoms with Crippen LogP contribution in [0.15, 0.2) is 10.9 Å². The summed E-state index contributed by atoms with van der Waals surface area (Å²) in [5.74, 6) is 0.661. The highest BCUT2D eigenvalue weighted by atomic mass is 16.5. The second-order valence-corrected chi connectivity index (χ2v) is 3.75. The molecule has 2 heterocycles. The molecule has 2 rings (SSSR count). The minimum absolute atomic E-state index is 0.0887. The highest BCUT2D eigenvalue weighted by molar-refractivity contribution is 5.04. The molecule has 15 heavy (non-hydrogen) atoms. The average Bonchev–Trinajstić information content (AvgIpc) is 2.17. The topological polar surface area (TPSA) is 67.0 Å². The number of hydrogen-bond donors (Lipinski definition) is 2. The molecule has 0 amide bonds. The first kappa shape index (κ1) is 10.3. The van der Waals surface area contributed by atoms with Gasteiger partial charge >= 0.3 is 0 Å². The molecular weight excluding hydrogens is 194 g/mol. The number of aromatic amines is 1. The van der Waals surface area contributed by atoms with E-state index in [0.717, 1.165) is 25.3 Å². The summed E-state index contributed by atoms with van der Waals surface area (Å²) in [6.45, 7) is 4.11. The fourth-order valence-corrected chi connectivity index (χ4v) is 1.75. The van der Waals surface area contributed by atoms with Gasteiger partial charge in [0, 0.05) is 30.8 Å². The lowest BCUT2D eigenvalue weighted by molar-refractivity contribution is 0.0767. The highest BCUT2D eigenvalue weighted by Crippen LogP contribution is 2.01. The Labute approximate surface area is 87.9 Å². The second kappa shape index (κ2) is 4.55. The van der Waals surface area contributed by atoms with Gasteiger partial charge in [-0.1, -0.05) is 0 Å². The van der Waals surface area contributed by atoms with E-state index in [2.05, 4.69) is 15.3 Å². The number of nitrogens with one attached hydrogen (secondary N) is 2. The van der Waals surface area contributed by atoms with E-state index in [-0.39, 0.29) is 11.6 Å². The Hall–Kier alpha value is -1.20. The van der Waals surface area contributed by atoms with Crippen molar-refractivity contribution in [3.05, 3.63) is 27.9 Å². The van der Waals surface area contributed by atoms with Gasteiger partial charge in [-0.15, -0.1) is 0 Å². The zero-order chi connectivity index (χ0) is 10.7. The summed E-state index contributed by atoms with van der Waals surface area (Å²) in [5, 5.41) is 3.33. The molecule has 1 unspecified atom stereocenters. The van der Waals surface area contributed by atoms with E-state index in [1.807, 2.05) is 0 Å². The van der Waals surface area contributed by atoms with Crippen LogP contribution in [0.5, 0.6) is 0 Å². The second-order valence-electron chi connectivity index (χ2n) is 3.75. The third kappa shape index (κ3) is 2.87. The van der Waals surface area contributed by atoms with Crippen molar-refractivity contribution in [1.82, 2.24) is 15.3 Å². The van der Waals surface area contributed by atoms with E-state index in [1.165, 1.54) is 0 Å². The molecule has 0 saturated carbocycles. The summed E-state index contributed by atoms with van der Waals surface area (Å²) in [6.07, 6.45) is 0.741. The van der Waals surface area contributed by atoms with Gasteiger partial charge < -0.3 is 15.0 Å². The molecule has 1 atom stereocenters. The Morgan fingerprint density at radius 3 is 3.20 bits per heavy atom. The predicted octanol–water partition coefficient (Wildman–Crippen LogP) is -0.391. The average molecular weight is 209 g/mol. The first-order chi connectivity index (χ1) is 7.24. The fraction of sp³-hybridized carbons (Fsp3) is 0.600. The maximum atomic E-state index is 11.2. The first-order valence-electron chi connectivity index (χ1n) is 5.12. The monoisotopic (exact) mass is 209 g/mol. The van der Waals surface area contributed by atoms with Gasteiger partial charge in [0.1, 0.15) is 5.82 Å². The Morgan fingerprint density at radius 1 is 1.67 bits per heavy atom. The fourth-order valence-electron chi connectivity index (χ4n) is 1.75. The third-order valence-electron chi connectivity index (χ3n) is 2.37. The Kier molecular flexibility index (Phi) is 3.13. The van der Waals surface area contributed by atoms with Crippen LogP contribution in [-0.2, 0) is 11.2 Å². The Morgan fingerprint density at radius 2 is 2.53 bits per heavy atom. The summed E-state index contributed by atoms with van der Waals surface area (Å²) in [7, 11) is 0. The van der Waals surface area contributed by atoms with Gasteiger partial charge in [0.05, 0.1) is 13.2 Å². The summed E-state index contributed by atoms with van der Waals surface area (Å²) in [6, 6.07) is 1.82. The maximum Gasteiger partial charge on any atom is 0.251 e. The van der Waals surface area contributed by atoms with Crippen LogP contribution in [0, 0.1) is 6.92 Å². The molecule has 1 aliphatic heterocycles. The summed E-state index contributed by atoms with van der Waals surface area (Å²) >= 11 is 0. The molecule has 5 heteroatoms. The predicted molar refractivity (Wildman–Crippen MR) is 55.9 cm³/mol. The van der Waals surface area contributed by atoms with Gasteiger partial charge in [0.25, 0.3) is 5.56 Å². The summed E-state index contributed by atoms with van der Waals surface area (Å²) < 4.78 is 5.34. The molecule has 0 aliphatic carbocycles. The SMILES string of the molecule is Cc1nc(CC2COCCN2)cc(=O)[nH]1. The Bertz CT molecular complexity index is 382. The van der Waals surface area contributed by atoms with E-state index in [0.29, 0.717) is 12.4 Å². The molecule has 1 aliphatic rings. The maximum absolute atomic E-state index is 11.2. The van der Waals surface area contributed by atoms with E-state index in [1.54, 1.807) is 13.0 Å². The molecule has 1 aromatic heterocycles. The number of aryl methyl sites for hydroxylation is 1. The van der Waals surface area contributed by atoms with Crippen LogP contribution in [0.1, 0.15) is 11.5 Å². The largest absolute Gasteiger partial charge is 0.379 e. The summed E-state index contributed by atoms with van der Waals surface area (Å²) in [4.78, 5) is 18.1. The van der Waals surface area contributed by atoms with Crippen LogP contribution in [0.2, 0.25) is 0 Å². The Balaban J connectivity index is 2.06. The zero-order valence-corrected chi connectivity index (χ0v) is 8.75. The van der Waals surface area contributed by atoms with Gasteiger partial charge in [0.15, 0.2) is 0 Å². The van der Waals surface area contributed by atoms with Crippen LogP contribution >= 0.6 is 0 Å². The number of H-pyrrole nitrogens is 1. The van der Waals surface area contributed by atoms with Crippen LogP contribution in [-0.4, -0.2) is 35.8 Å². The van der Waals surface area contributed by atoms with Gasteiger partial charge in [-0.05, 0) is 6.92 Å². The highest BCUT2D eigenvalue weighted by Gasteiger charge is 2.14. The molecular formula is C10H15N3O2. The van der Waals surface area contributed by atoms with Crippen molar-refractivity contribution in [2.24, 2.45) is 0 Å². The molecule has 2 N–H and O–H groups in total. The summed E-state index contributed by atoms with van der Waals surface area (Å²) in [5.41, 5.74) is 0.730. The number of morpholine rings is 1. The molecule has 0 aromatic carbocycles. The van der Waals surface area contributed by atoms with Crippen molar-refractivity contribution >= 4 is 0 Å². The lowest BCUT2D eigenvalue weighted by Gasteiger charge is -2.23. The van der Waals surface area contributed by atoms with E-state index in [9.17, 15) is 4.79 Å². The lowest BCUT2D eigenvalue weighted by atomic mass is 10.1. The van der Waals surface area contributed by atoms with Crippen LogP contribution in [0.4, 0.5) is 0 Å². The number of rotatable bonds is 2. The van der Waals surface area contributed by atoms with Gasteiger partial charge in [-0.3, -0.25) is 4.79 Å². The van der Waals surface area contributed by atoms with Crippen molar-refractivity contribution in [3.63, 3.8) is 0 Å². The minimum Gasteiger partial charge on any atom is -0.379 e. The molecule has 5 nitrogen and oxygen atoms in total. The lowest BCUT2D eigenvalue weighted by Crippen LogP contribution is -2.42. The van der Waals surface area contributed by atoms with E-state index < -0.39 is 0 Å². The van der Waals surface area contributed by atoms with Crippen LogP contribution in [0.25, 0.3) is 0 Å². The molecule has 0 radical (unpaired) electrons. The van der Waals surface area contributed by atoms with Crippen molar-refractivity contribution in [1.29, 1.82) is 0 Å². The van der Waals surface area contributed by atoms with Crippen molar-refractivity contribution in [2.75, 3.05) is 19.8 Å². The van der Waals surface area contributed by atoms with Gasteiger partial charge in [0.2, 0.25) is 0 Å². The van der Waals surface area contributed by atoms with Crippen molar-refractivity contribution in [3.8, 4) is 0 Å². The quantitative estimate of drug-likeness (QED) is 0.696. The molecule has 1 aromatic rings. The normalized spacial score (nSPS) is 21.5. The molecule has 0 bridgehead atoms. The van der Waals surface area contributed by atoms with Gasteiger partial charge in [-0.25, -0.2) is 4.98 Å². The van der Waals surface area contributed by atoms with Crippen LogP contribution in [0.3, 0.4) is 0 Å². The number of ether oxygens (including phenoxy) is 1. The molecule has 82 valence electrons. The van der Waals surface area contributed by atoms with Crippen LogP contribution < -0.4 is 10.9 Å². The smallest absolute Gasteiger partial charge is 0.251 e. The number of nitrogens with zero attached hydrogens (tertiary/aromatic N) is 1. The van der Waals surface area contributed by atoms with Crippen molar-refractivity contribution in [2.45, 2.75) is 19.4 Å². The molecule has 1 saturated heterocycles.